The van der Waals surface area contributed by atoms with Crippen LogP contribution < -0.4 is 24.3 Å². The Morgan fingerprint density at radius 1 is 0.800 bits per heavy atom. The smallest absolute Gasteiger partial charge is 0.294 e. The highest BCUT2D eigenvalue weighted by Crippen LogP contribution is 2.33. The molecule has 0 bridgehead atoms. The maximum Gasteiger partial charge on any atom is 0.294 e. The summed E-state index contributed by atoms with van der Waals surface area (Å²) in [7, 11) is 4.92. The van der Waals surface area contributed by atoms with E-state index in [2.05, 4.69) is 10.2 Å². The van der Waals surface area contributed by atoms with Crippen molar-refractivity contribution in [1.82, 2.24) is 5.32 Å². The molecule has 13 nitrogen and oxygen atoms in total. The summed E-state index contributed by atoms with van der Waals surface area (Å²) in [6, 6.07) is 21.5. The number of rotatable bonds is 23. The number of methoxy groups -OCH3 is 3. The lowest BCUT2D eigenvalue weighted by Crippen LogP contribution is -2.51. The number of nitrogens with one attached hydrogen (secondary N) is 1. The number of benzene rings is 3. The van der Waals surface area contributed by atoms with Crippen molar-refractivity contribution in [3.63, 3.8) is 0 Å². The van der Waals surface area contributed by atoms with Crippen molar-refractivity contribution in [2.75, 3.05) is 67.5 Å². The number of hydrogen-bond donors (Lipinski definition) is 1. The molecule has 0 spiro atoms. The highest BCUT2D eigenvalue weighted by molar-refractivity contribution is 5.43. The van der Waals surface area contributed by atoms with Crippen molar-refractivity contribution in [2.24, 2.45) is 0 Å². The molecule has 4 atom stereocenters. The van der Waals surface area contributed by atoms with Crippen LogP contribution in [0.4, 0.5) is 0 Å². The van der Waals surface area contributed by atoms with Gasteiger partial charge in [0.15, 0.2) is 11.5 Å². The number of para-hydroxylation sites is 1. The zero-order chi connectivity index (χ0) is 35.6. The Morgan fingerprint density at radius 2 is 1.52 bits per heavy atom. The third-order valence-corrected chi connectivity index (χ3v) is 8.16. The molecule has 0 aromatic heterocycles. The molecule has 3 aromatic carbocycles. The fourth-order valence-electron chi connectivity index (χ4n) is 5.71. The molecule has 3 aromatic rings. The lowest BCUT2D eigenvalue weighted by molar-refractivity contribution is -0.768. The Labute approximate surface area is 294 Å². The number of piperidine rings is 1. The SMILES string of the molecule is COCCCOc1cc(CO[C@H]2CNC[C@@H](OC[C@H](C)O[N+](=O)[O-])[C@@H]2c2ccc(OCCCOCc3ccccc3OC)cc2)ccc1OC. The molecule has 0 radical (unpaired) electrons. The Hall–Kier alpha value is -4.14. The largest absolute Gasteiger partial charge is 0.496 e. The molecule has 50 heavy (non-hydrogen) atoms. The van der Waals surface area contributed by atoms with Crippen LogP contribution in [0.1, 0.15) is 42.4 Å². The van der Waals surface area contributed by atoms with Crippen LogP contribution >= 0.6 is 0 Å². The van der Waals surface area contributed by atoms with Crippen molar-refractivity contribution >= 4 is 0 Å². The summed E-state index contributed by atoms with van der Waals surface area (Å²) >= 11 is 0. The minimum absolute atomic E-state index is 0.0547. The van der Waals surface area contributed by atoms with Gasteiger partial charge >= 0.3 is 0 Å². The molecule has 13 heteroatoms. The highest BCUT2D eigenvalue weighted by atomic mass is 17.0. The molecule has 1 heterocycles. The predicted octanol–water partition coefficient (Wildman–Crippen LogP) is 5.36. The predicted molar refractivity (Wildman–Crippen MR) is 186 cm³/mol. The van der Waals surface area contributed by atoms with E-state index in [1.54, 1.807) is 28.3 Å². The van der Waals surface area contributed by atoms with Gasteiger partial charge in [0.05, 0.1) is 66.1 Å². The zero-order valence-corrected chi connectivity index (χ0v) is 29.4. The molecule has 0 aliphatic carbocycles. The zero-order valence-electron chi connectivity index (χ0n) is 29.4. The standard InChI is InChI=1S/C37H50N2O11/c1-27(50-39(40)41)24-48-35-22-38-23-36(49-25-28-11-16-33(44-4)34(21-28)47-20-7-17-42-2)37(35)29-12-14-31(15-13-29)46-19-8-18-45-26-30-9-5-6-10-32(30)43-3/h5-6,9-16,21,27,35-38H,7-8,17-20,22-26H2,1-4H3/t27-,35+,36-,37-/m0/s1. The molecular weight excluding hydrogens is 648 g/mol. The van der Waals surface area contributed by atoms with E-state index in [0.717, 1.165) is 41.0 Å². The Bertz CT molecular complexity index is 1420. The van der Waals surface area contributed by atoms with Crippen LogP contribution in [0.2, 0.25) is 0 Å². The van der Waals surface area contributed by atoms with E-state index < -0.39 is 11.2 Å². The van der Waals surface area contributed by atoms with Crippen LogP contribution in [0.3, 0.4) is 0 Å². The third kappa shape index (κ3) is 12.3. The van der Waals surface area contributed by atoms with Gasteiger partial charge in [-0.2, -0.15) is 0 Å². The first kappa shape index (κ1) is 38.7. The monoisotopic (exact) mass is 698 g/mol. The fourth-order valence-corrected chi connectivity index (χ4v) is 5.71. The maximum absolute atomic E-state index is 10.9. The molecule has 1 aliphatic heterocycles. The van der Waals surface area contributed by atoms with Gasteiger partial charge in [-0.1, -0.05) is 36.4 Å². The molecule has 4 rings (SSSR count). The van der Waals surface area contributed by atoms with E-state index in [1.807, 2.05) is 66.7 Å². The van der Waals surface area contributed by atoms with Crippen LogP contribution in [0, 0.1) is 10.1 Å². The minimum atomic E-state index is -0.799. The first-order valence-electron chi connectivity index (χ1n) is 16.9. The van der Waals surface area contributed by atoms with Gasteiger partial charge in [-0.05, 0) is 48.4 Å². The maximum atomic E-state index is 10.9. The molecular formula is C37H50N2O11. The topological polar surface area (TPSA) is 138 Å². The second-order valence-electron chi connectivity index (χ2n) is 11.9. The van der Waals surface area contributed by atoms with Crippen LogP contribution in [0.15, 0.2) is 66.7 Å². The van der Waals surface area contributed by atoms with Crippen molar-refractivity contribution < 1.29 is 47.8 Å². The van der Waals surface area contributed by atoms with Crippen LogP contribution in [0.25, 0.3) is 0 Å². The van der Waals surface area contributed by atoms with E-state index in [0.29, 0.717) is 64.2 Å². The fraction of sp³-hybridized carbons (Fsp3) is 0.514. The number of ether oxygens (including phenoxy) is 8. The third-order valence-electron chi connectivity index (χ3n) is 8.16. The number of hydrogen-bond acceptors (Lipinski definition) is 12. The summed E-state index contributed by atoms with van der Waals surface area (Å²) in [5, 5.41) is 13.5. The Kier molecular flexibility index (Phi) is 16.4. The van der Waals surface area contributed by atoms with Gasteiger partial charge in [-0.25, -0.2) is 0 Å². The van der Waals surface area contributed by atoms with E-state index in [9.17, 15) is 10.1 Å². The van der Waals surface area contributed by atoms with E-state index in [-0.39, 0.29) is 24.7 Å². The van der Waals surface area contributed by atoms with Crippen molar-refractivity contribution in [3.8, 4) is 23.0 Å². The molecule has 1 N–H and O–H groups in total. The van der Waals surface area contributed by atoms with Crippen molar-refractivity contribution in [3.05, 3.63) is 93.5 Å². The second kappa shape index (κ2) is 21.2. The summed E-state index contributed by atoms with van der Waals surface area (Å²) in [5.41, 5.74) is 2.94. The first-order valence-corrected chi connectivity index (χ1v) is 16.9. The summed E-state index contributed by atoms with van der Waals surface area (Å²) in [5.74, 6) is 2.67. The van der Waals surface area contributed by atoms with Gasteiger partial charge < -0.3 is 48.0 Å². The molecule has 1 fully saturated rings. The lowest BCUT2D eigenvalue weighted by atomic mass is 9.85. The Balaban J connectivity index is 1.37. The van der Waals surface area contributed by atoms with Gasteiger partial charge in [-0.3, -0.25) is 0 Å². The van der Waals surface area contributed by atoms with Crippen LogP contribution in [-0.2, 0) is 37.0 Å². The number of nitrogens with zero attached hydrogens (tertiary/aromatic N) is 1. The molecule has 0 amide bonds. The summed E-state index contributed by atoms with van der Waals surface area (Å²) < 4.78 is 46.5. The average Bonchev–Trinajstić information content (AvgIpc) is 3.13. The molecule has 0 saturated carbocycles. The summed E-state index contributed by atoms with van der Waals surface area (Å²) in [4.78, 5) is 15.5. The minimum Gasteiger partial charge on any atom is -0.496 e. The van der Waals surface area contributed by atoms with E-state index in [1.165, 1.54) is 0 Å². The summed E-state index contributed by atoms with van der Waals surface area (Å²) in [6.07, 6.45) is 0.177. The summed E-state index contributed by atoms with van der Waals surface area (Å²) in [6.45, 7) is 5.76. The van der Waals surface area contributed by atoms with Crippen molar-refractivity contribution in [2.45, 2.75) is 57.2 Å². The van der Waals surface area contributed by atoms with Gasteiger partial charge in [0, 0.05) is 51.1 Å². The van der Waals surface area contributed by atoms with Gasteiger partial charge in [-0.15, -0.1) is 10.1 Å². The Morgan fingerprint density at radius 3 is 2.26 bits per heavy atom. The first-order chi connectivity index (χ1) is 24.4. The molecule has 1 aliphatic rings. The average molecular weight is 699 g/mol. The second-order valence-corrected chi connectivity index (χ2v) is 11.9. The van der Waals surface area contributed by atoms with E-state index >= 15 is 0 Å². The lowest BCUT2D eigenvalue weighted by Gasteiger charge is -2.39. The molecule has 1 saturated heterocycles. The normalized spacial score (nSPS) is 17.9. The molecule has 0 unspecified atom stereocenters. The van der Waals surface area contributed by atoms with Gasteiger partial charge in [0.2, 0.25) is 0 Å². The van der Waals surface area contributed by atoms with Crippen LogP contribution in [-0.4, -0.2) is 90.9 Å². The van der Waals surface area contributed by atoms with Gasteiger partial charge in [0.1, 0.15) is 17.6 Å². The van der Waals surface area contributed by atoms with E-state index in [4.69, 9.17) is 37.9 Å². The van der Waals surface area contributed by atoms with Crippen molar-refractivity contribution in [1.29, 1.82) is 0 Å². The molecule has 274 valence electrons. The van der Waals surface area contributed by atoms with Gasteiger partial charge in [0.25, 0.3) is 5.09 Å². The quantitative estimate of drug-likeness (QED) is 0.0775. The highest BCUT2D eigenvalue weighted by Gasteiger charge is 2.36. The van der Waals surface area contributed by atoms with Crippen LogP contribution in [0.5, 0.6) is 23.0 Å².